The van der Waals surface area contributed by atoms with Crippen LogP contribution in [0.25, 0.3) is 0 Å². The minimum absolute atomic E-state index is 0.0408. The Balaban J connectivity index is 2.38. The molecule has 0 spiro atoms. The van der Waals surface area contributed by atoms with Crippen LogP contribution in [0.1, 0.15) is 6.42 Å². The first-order chi connectivity index (χ1) is 5.59. The van der Waals surface area contributed by atoms with Crippen molar-refractivity contribution in [3.8, 4) is 0 Å². The van der Waals surface area contributed by atoms with Crippen LogP contribution in [-0.2, 0) is 0 Å². The van der Waals surface area contributed by atoms with Gasteiger partial charge in [-0.15, -0.1) is 0 Å². The highest BCUT2D eigenvalue weighted by Crippen LogP contribution is 2.11. The number of carbonyl (C=O) groups excluding carboxylic acids is 2. The van der Waals surface area contributed by atoms with E-state index in [1.165, 1.54) is 4.90 Å². The van der Waals surface area contributed by atoms with Gasteiger partial charge in [0, 0.05) is 6.54 Å². The minimum Gasteiger partial charge on any atom is -0.351 e. The van der Waals surface area contributed by atoms with Crippen LogP contribution in [0.15, 0.2) is 0 Å². The molecule has 4 amide bonds. The van der Waals surface area contributed by atoms with E-state index in [2.05, 4.69) is 0 Å². The van der Waals surface area contributed by atoms with Crippen LogP contribution in [-0.4, -0.2) is 36.2 Å². The van der Waals surface area contributed by atoms with Gasteiger partial charge in [0.1, 0.15) is 6.17 Å². The maximum absolute atomic E-state index is 12.5. The molecule has 1 rings (SSSR count). The van der Waals surface area contributed by atoms with Crippen LogP contribution in [0.2, 0.25) is 0 Å². The van der Waals surface area contributed by atoms with Crippen molar-refractivity contribution in [2.75, 3.05) is 13.1 Å². The van der Waals surface area contributed by atoms with Crippen molar-refractivity contribution in [1.82, 2.24) is 10.2 Å². The summed E-state index contributed by atoms with van der Waals surface area (Å²) in [6.07, 6.45) is -0.657. The lowest BCUT2D eigenvalue weighted by molar-refractivity contribution is 0.202. The summed E-state index contributed by atoms with van der Waals surface area (Å²) in [5.41, 5.74) is 4.70. The average Bonchev–Trinajstić information content (AvgIpc) is 2.34. The molecule has 0 radical (unpaired) electrons. The third-order valence-corrected chi connectivity index (χ3v) is 1.65. The van der Waals surface area contributed by atoms with E-state index in [1.54, 1.807) is 0 Å². The van der Waals surface area contributed by atoms with Crippen LogP contribution >= 0.6 is 0 Å². The number of nitrogens with zero attached hydrogens (tertiary/aromatic N) is 1. The Kier molecular flexibility index (Phi) is 2.47. The minimum atomic E-state index is -0.983. The van der Waals surface area contributed by atoms with Crippen molar-refractivity contribution >= 4 is 12.1 Å². The second kappa shape index (κ2) is 3.38. The van der Waals surface area contributed by atoms with Gasteiger partial charge >= 0.3 is 12.1 Å². The third kappa shape index (κ3) is 2.08. The monoisotopic (exact) mass is 175 g/mol. The van der Waals surface area contributed by atoms with Crippen molar-refractivity contribution in [1.29, 1.82) is 0 Å². The number of hydrogen-bond donors (Lipinski definition) is 2. The molecule has 5 nitrogen and oxygen atoms in total. The van der Waals surface area contributed by atoms with Gasteiger partial charge in [-0.05, 0) is 6.42 Å². The summed E-state index contributed by atoms with van der Waals surface area (Å²) in [5.74, 6) is 0. The first-order valence-electron chi connectivity index (χ1n) is 3.59. The van der Waals surface area contributed by atoms with Crippen LogP contribution in [0.5, 0.6) is 0 Å². The normalized spacial score (nSPS) is 22.4. The number of amides is 4. The number of rotatable bonds is 0. The van der Waals surface area contributed by atoms with E-state index in [-0.39, 0.29) is 6.54 Å². The third-order valence-electron chi connectivity index (χ3n) is 1.65. The lowest BCUT2D eigenvalue weighted by atomic mass is 10.3. The number of alkyl halides is 1. The zero-order valence-corrected chi connectivity index (χ0v) is 6.42. The molecule has 0 bridgehead atoms. The second-order valence-electron chi connectivity index (χ2n) is 2.63. The van der Waals surface area contributed by atoms with E-state index >= 15 is 0 Å². The molecular weight excluding hydrogens is 165 g/mol. The number of primary amides is 1. The quantitative estimate of drug-likeness (QED) is 0.535. The molecule has 0 aromatic carbocycles. The number of halogens is 1. The maximum atomic E-state index is 12.5. The Morgan fingerprint density at radius 2 is 2.25 bits per heavy atom. The first-order valence-corrected chi connectivity index (χ1v) is 3.59. The molecule has 0 aliphatic carbocycles. The molecule has 6 heteroatoms. The Morgan fingerprint density at radius 1 is 1.58 bits per heavy atom. The van der Waals surface area contributed by atoms with Gasteiger partial charge in [-0.25, -0.2) is 14.0 Å². The Morgan fingerprint density at radius 3 is 2.67 bits per heavy atom. The van der Waals surface area contributed by atoms with E-state index < -0.39 is 18.2 Å². The molecule has 1 aliphatic rings. The van der Waals surface area contributed by atoms with Crippen LogP contribution < -0.4 is 11.1 Å². The number of urea groups is 2. The fourth-order valence-corrected chi connectivity index (χ4v) is 1.09. The van der Waals surface area contributed by atoms with E-state index in [9.17, 15) is 14.0 Å². The maximum Gasteiger partial charge on any atom is 0.325 e. The first kappa shape index (κ1) is 8.76. The SMILES string of the molecule is NC(=O)NC(=O)N1CCC(F)C1. The van der Waals surface area contributed by atoms with E-state index in [4.69, 9.17) is 5.73 Å². The summed E-state index contributed by atoms with van der Waals surface area (Å²) in [6.45, 7) is 0.374. The van der Waals surface area contributed by atoms with Crippen molar-refractivity contribution in [3.63, 3.8) is 0 Å². The number of carbonyl (C=O) groups is 2. The van der Waals surface area contributed by atoms with Crippen LogP contribution in [0, 0.1) is 0 Å². The number of hydrogen-bond acceptors (Lipinski definition) is 2. The molecule has 1 fully saturated rings. The zero-order valence-electron chi connectivity index (χ0n) is 6.42. The lowest BCUT2D eigenvalue weighted by Gasteiger charge is -2.13. The summed E-state index contributed by atoms with van der Waals surface area (Å²) in [4.78, 5) is 22.4. The molecule has 1 atom stereocenters. The second-order valence-corrected chi connectivity index (χ2v) is 2.63. The number of nitrogens with two attached hydrogens (primary N) is 1. The van der Waals surface area contributed by atoms with E-state index in [0.29, 0.717) is 13.0 Å². The standard InChI is InChI=1S/C6H10FN3O2/c7-4-1-2-10(3-4)6(12)9-5(8)11/h4H,1-3H2,(H3,8,9,11,12). The summed E-state index contributed by atoms with van der Waals surface area (Å²) in [6, 6.07) is -1.54. The molecule has 1 aliphatic heterocycles. The van der Waals surface area contributed by atoms with Gasteiger partial charge in [-0.2, -0.15) is 0 Å². The molecule has 1 saturated heterocycles. The number of imide groups is 1. The van der Waals surface area contributed by atoms with Crippen molar-refractivity contribution < 1.29 is 14.0 Å². The summed E-state index contributed by atoms with van der Waals surface area (Å²) >= 11 is 0. The van der Waals surface area contributed by atoms with Gasteiger partial charge in [0.05, 0.1) is 6.54 Å². The predicted molar refractivity (Wildman–Crippen MR) is 39.2 cm³/mol. The molecule has 0 saturated carbocycles. The molecular formula is C6H10FN3O2. The highest BCUT2D eigenvalue weighted by atomic mass is 19.1. The fraction of sp³-hybridized carbons (Fsp3) is 0.667. The summed E-state index contributed by atoms with van der Waals surface area (Å²) in [5, 5.41) is 1.86. The topological polar surface area (TPSA) is 75.4 Å². The van der Waals surface area contributed by atoms with Gasteiger partial charge in [-0.3, -0.25) is 5.32 Å². The van der Waals surface area contributed by atoms with Crippen LogP contribution in [0.3, 0.4) is 0 Å². The van der Waals surface area contributed by atoms with Gasteiger partial charge in [0.2, 0.25) is 0 Å². The molecule has 12 heavy (non-hydrogen) atoms. The molecule has 68 valence electrons. The molecule has 0 aromatic rings. The van der Waals surface area contributed by atoms with E-state index in [0.717, 1.165) is 0 Å². The Bertz CT molecular complexity index is 209. The summed E-state index contributed by atoms with van der Waals surface area (Å²) < 4.78 is 12.5. The van der Waals surface area contributed by atoms with Crippen molar-refractivity contribution in [2.24, 2.45) is 5.73 Å². The lowest BCUT2D eigenvalue weighted by Crippen LogP contribution is -2.44. The van der Waals surface area contributed by atoms with Gasteiger partial charge in [-0.1, -0.05) is 0 Å². The highest BCUT2D eigenvalue weighted by molar-refractivity contribution is 5.92. The molecule has 1 unspecified atom stereocenters. The average molecular weight is 175 g/mol. The summed E-state index contributed by atoms with van der Waals surface area (Å²) in [7, 11) is 0. The molecule has 3 N–H and O–H groups in total. The Labute approximate surface area is 68.7 Å². The van der Waals surface area contributed by atoms with Crippen LogP contribution in [0.4, 0.5) is 14.0 Å². The largest absolute Gasteiger partial charge is 0.351 e. The fourth-order valence-electron chi connectivity index (χ4n) is 1.09. The van der Waals surface area contributed by atoms with Gasteiger partial charge < -0.3 is 10.6 Å². The van der Waals surface area contributed by atoms with Gasteiger partial charge in [0.15, 0.2) is 0 Å². The smallest absolute Gasteiger partial charge is 0.325 e. The number of likely N-dealkylation sites (tertiary alicyclic amines) is 1. The zero-order chi connectivity index (χ0) is 9.14. The molecule has 1 heterocycles. The molecule has 0 aromatic heterocycles. The Hall–Kier alpha value is -1.33. The number of nitrogens with one attached hydrogen (secondary N) is 1. The van der Waals surface area contributed by atoms with Gasteiger partial charge in [0.25, 0.3) is 0 Å². The van der Waals surface area contributed by atoms with E-state index in [1.807, 2.05) is 5.32 Å². The van der Waals surface area contributed by atoms with Crippen molar-refractivity contribution in [2.45, 2.75) is 12.6 Å². The van der Waals surface area contributed by atoms with Crippen molar-refractivity contribution in [3.05, 3.63) is 0 Å². The predicted octanol–water partition coefficient (Wildman–Crippen LogP) is -0.181. The highest BCUT2D eigenvalue weighted by Gasteiger charge is 2.26.